The fraction of sp³-hybridized carbons (Fsp3) is 0.455. The maximum atomic E-state index is 12.0. The summed E-state index contributed by atoms with van der Waals surface area (Å²) >= 11 is 0. The first-order valence-electron chi connectivity index (χ1n) is 6.01. The normalized spacial score (nSPS) is 12.4. The summed E-state index contributed by atoms with van der Waals surface area (Å²) in [6.07, 6.45) is 1.60. The molecule has 2 aromatic heterocycles. The third kappa shape index (κ3) is 2.56. The number of nitrogens with one attached hydrogen (secondary N) is 2. The molecule has 2 aromatic rings. The minimum absolute atomic E-state index is 0.0173. The summed E-state index contributed by atoms with van der Waals surface area (Å²) in [7, 11) is 1.75. The number of likely N-dealkylation sites (N-methyl/N-ethyl adjacent to an activating group) is 1. The molecule has 0 aromatic carbocycles. The lowest BCUT2D eigenvalue weighted by atomic mass is 10.2. The molecular formula is C11H17N7O. The average Bonchev–Trinajstić information content (AvgIpc) is 2.84. The van der Waals surface area contributed by atoms with Crippen molar-refractivity contribution in [2.24, 2.45) is 0 Å². The number of carbonyl (C=O) groups is 1. The number of hydrogen-bond donors (Lipinski definition) is 3. The number of amides is 1. The molecule has 0 fully saturated rings. The SMILES string of the molecule is CCN(C)C(=O)C(C)Nc1nc(N)nc2[nH]ncc12. The van der Waals surface area contributed by atoms with Gasteiger partial charge in [-0.15, -0.1) is 0 Å². The van der Waals surface area contributed by atoms with Crippen LogP contribution in [0, 0.1) is 0 Å². The summed E-state index contributed by atoms with van der Waals surface area (Å²) in [6.45, 7) is 4.35. The molecule has 102 valence electrons. The lowest BCUT2D eigenvalue weighted by Crippen LogP contribution is -2.39. The topological polar surface area (TPSA) is 113 Å². The number of aromatic nitrogens is 4. The first-order valence-corrected chi connectivity index (χ1v) is 6.01. The van der Waals surface area contributed by atoms with E-state index in [0.29, 0.717) is 23.4 Å². The van der Waals surface area contributed by atoms with E-state index in [0.717, 1.165) is 0 Å². The Morgan fingerprint density at radius 2 is 2.32 bits per heavy atom. The van der Waals surface area contributed by atoms with Gasteiger partial charge < -0.3 is 16.0 Å². The van der Waals surface area contributed by atoms with Crippen molar-refractivity contribution in [2.45, 2.75) is 19.9 Å². The van der Waals surface area contributed by atoms with Gasteiger partial charge in [0.25, 0.3) is 0 Å². The van der Waals surface area contributed by atoms with Gasteiger partial charge in [-0.3, -0.25) is 9.89 Å². The largest absolute Gasteiger partial charge is 0.368 e. The predicted octanol–water partition coefficient (Wildman–Crippen LogP) is 0.214. The second-order valence-corrected chi connectivity index (χ2v) is 4.28. The second-order valence-electron chi connectivity index (χ2n) is 4.28. The molecule has 19 heavy (non-hydrogen) atoms. The van der Waals surface area contributed by atoms with Crippen LogP contribution in [0.2, 0.25) is 0 Å². The molecule has 0 aliphatic rings. The van der Waals surface area contributed by atoms with Crippen molar-refractivity contribution in [3.63, 3.8) is 0 Å². The maximum Gasteiger partial charge on any atom is 0.244 e. The number of fused-ring (bicyclic) bond motifs is 1. The summed E-state index contributed by atoms with van der Waals surface area (Å²) in [6, 6.07) is -0.405. The number of nitrogens with zero attached hydrogens (tertiary/aromatic N) is 4. The molecule has 0 aliphatic heterocycles. The molecule has 4 N–H and O–H groups in total. The third-order valence-electron chi connectivity index (χ3n) is 2.90. The van der Waals surface area contributed by atoms with Crippen molar-refractivity contribution >= 4 is 28.7 Å². The molecule has 1 unspecified atom stereocenters. The molecule has 0 saturated carbocycles. The molecule has 0 bridgehead atoms. The highest BCUT2D eigenvalue weighted by molar-refractivity contribution is 5.90. The highest BCUT2D eigenvalue weighted by Crippen LogP contribution is 2.19. The molecule has 1 atom stereocenters. The van der Waals surface area contributed by atoms with Crippen LogP contribution < -0.4 is 11.1 Å². The minimum atomic E-state index is -0.405. The molecule has 1 amide bonds. The molecule has 2 rings (SSSR count). The number of rotatable bonds is 4. The van der Waals surface area contributed by atoms with Crippen LogP contribution in [0.5, 0.6) is 0 Å². The van der Waals surface area contributed by atoms with Crippen LogP contribution in [-0.4, -0.2) is 50.6 Å². The van der Waals surface area contributed by atoms with Gasteiger partial charge in [0.2, 0.25) is 11.9 Å². The van der Waals surface area contributed by atoms with E-state index in [1.165, 1.54) is 0 Å². The van der Waals surface area contributed by atoms with Crippen molar-refractivity contribution in [3.05, 3.63) is 6.20 Å². The average molecular weight is 263 g/mol. The van der Waals surface area contributed by atoms with E-state index in [2.05, 4.69) is 25.5 Å². The number of nitrogen functional groups attached to an aromatic ring is 1. The zero-order valence-electron chi connectivity index (χ0n) is 11.1. The van der Waals surface area contributed by atoms with Crippen LogP contribution in [0.25, 0.3) is 11.0 Å². The number of aromatic amines is 1. The van der Waals surface area contributed by atoms with Gasteiger partial charge in [-0.25, -0.2) is 0 Å². The zero-order chi connectivity index (χ0) is 14.0. The second kappa shape index (κ2) is 5.09. The summed E-state index contributed by atoms with van der Waals surface area (Å²) < 4.78 is 0. The van der Waals surface area contributed by atoms with Crippen molar-refractivity contribution in [3.8, 4) is 0 Å². The van der Waals surface area contributed by atoms with Crippen LogP contribution in [-0.2, 0) is 4.79 Å². The van der Waals surface area contributed by atoms with E-state index in [9.17, 15) is 4.79 Å². The quantitative estimate of drug-likeness (QED) is 0.727. The Morgan fingerprint density at radius 3 is 3.00 bits per heavy atom. The standard InChI is InChI=1S/C11H17N7O/c1-4-18(3)10(19)6(2)14-8-7-5-13-17-9(7)16-11(12)15-8/h5-6H,4H2,1-3H3,(H4,12,13,14,15,16,17). The summed E-state index contributed by atoms with van der Waals surface area (Å²) in [4.78, 5) is 21.8. The van der Waals surface area contributed by atoms with Crippen LogP contribution in [0.1, 0.15) is 13.8 Å². The van der Waals surface area contributed by atoms with Crippen molar-refractivity contribution in [2.75, 3.05) is 24.6 Å². The number of H-pyrrole nitrogens is 1. The lowest BCUT2D eigenvalue weighted by Gasteiger charge is -2.21. The van der Waals surface area contributed by atoms with Crippen LogP contribution >= 0.6 is 0 Å². The molecular weight excluding hydrogens is 246 g/mol. The van der Waals surface area contributed by atoms with E-state index in [1.54, 1.807) is 25.1 Å². The van der Waals surface area contributed by atoms with Gasteiger partial charge in [0, 0.05) is 13.6 Å². The number of hydrogen-bond acceptors (Lipinski definition) is 6. The Hall–Kier alpha value is -2.38. The highest BCUT2D eigenvalue weighted by atomic mass is 16.2. The lowest BCUT2D eigenvalue weighted by molar-refractivity contribution is -0.130. The van der Waals surface area contributed by atoms with Crippen LogP contribution in [0.15, 0.2) is 6.20 Å². The first kappa shape index (κ1) is 13.1. The van der Waals surface area contributed by atoms with E-state index in [1.807, 2.05) is 6.92 Å². The van der Waals surface area contributed by atoms with Crippen molar-refractivity contribution in [1.29, 1.82) is 0 Å². The van der Waals surface area contributed by atoms with Gasteiger partial charge in [0.1, 0.15) is 11.9 Å². The van der Waals surface area contributed by atoms with Gasteiger partial charge in [0.05, 0.1) is 11.6 Å². The van der Waals surface area contributed by atoms with E-state index in [4.69, 9.17) is 5.73 Å². The first-order chi connectivity index (χ1) is 9.02. The van der Waals surface area contributed by atoms with Gasteiger partial charge in [0.15, 0.2) is 5.65 Å². The van der Waals surface area contributed by atoms with E-state index < -0.39 is 6.04 Å². The molecule has 0 radical (unpaired) electrons. The van der Waals surface area contributed by atoms with Gasteiger partial charge in [-0.2, -0.15) is 15.1 Å². The summed E-state index contributed by atoms with van der Waals surface area (Å²) in [5.74, 6) is 0.612. The molecule has 2 heterocycles. The molecule has 8 heteroatoms. The van der Waals surface area contributed by atoms with Crippen molar-refractivity contribution in [1.82, 2.24) is 25.1 Å². The number of carbonyl (C=O) groups excluding carboxylic acids is 1. The molecule has 8 nitrogen and oxygen atoms in total. The maximum absolute atomic E-state index is 12.0. The summed E-state index contributed by atoms with van der Waals surface area (Å²) in [5, 5.41) is 10.4. The monoisotopic (exact) mass is 263 g/mol. The van der Waals surface area contributed by atoms with Gasteiger partial charge in [-0.1, -0.05) is 0 Å². The molecule has 0 aliphatic carbocycles. The number of anilines is 2. The van der Waals surface area contributed by atoms with Gasteiger partial charge in [-0.05, 0) is 13.8 Å². The Kier molecular flexibility index (Phi) is 3.50. The summed E-state index contributed by atoms with van der Waals surface area (Å²) in [5.41, 5.74) is 6.16. The fourth-order valence-electron chi connectivity index (χ4n) is 1.72. The fourth-order valence-corrected chi connectivity index (χ4v) is 1.72. The predicted molar refractivity (Wildman–Crippen MR) is 72.5 cm³/mol. The smallest absolute Gasteiger partial charge is 0.244 e. The van der Waals surface area contributed by atoms with E-state index in [-0.39, 0.29) is 11.9 Å². The highest BCUT2D eigenvalue weighted by Gasteiger charge is 2.18. The Morgan fingerprint density at radius 1 is 1.58 bits per heavy atom. The van der Waals surface area contributed by atoms with Crippen molar-refractivity contribution < 1.29 is 4.79 Å². The minimum Gasteiger partial charge on any atom is -0.368 e. The van der Waals surface area contributed by atoms with Crippen LogP contribution in [0.3, 0.4) is 0 Å². The number of nitrogens with two attached hydrogens (primary N) is 1. The molecule has 0 saturated heterocycles. The van der Waals surface area contributed by atoms with Gasteiger partial charge >= 0.3 is 0 Å². The van der Waals surface area contributed by atoms with Crippen LogP contribution in [0.4, 0.5) is 11.8 Å². The third-order valence-corrected chi connectivity index (χ3v) is 2.90. The Bertz CT molecular complexity index is 594. The molecule has 0 spiro atoms. The Labute approximate surface area is 110 Å². The van der Waals surface area contributed by atoms with E-state index >= 15 is 0 Å². The zero-order valence-corrected chi connectivity index (χ0v) is 11.1. The Balaban J connectivity index is 2.26.